The van der Waals surface area contributed by atoms with Crippen molar-refractivity contribution in [1.82, 2.24) is 9.80 Å². The van der Waals surface area contributed by atoms with Gasteiger partial charge in [0.15, 0.2) is 0 Å². The molecule has 0 saturated carbocycles. The second kappa shape index (κ2) is 8.09. The molecule has 2 N–H and O–H groups in total. The molecule has 0 spiro atoms. The lowest BCUT2D eigenvalue weighted by Crippen LogP contribution is -2.46. The monoisotopic (exact) mass is 286 g/mol. The normalized spacial score (nSPS) is 18.6. The van der Waals surface area contributed by atoms with Crippen molar-refractivity contribution >= 4 is 12.0 Å². The Morgan fingerprint density at radius 3 is 2.65 bits per heavy atom. The Morgan fingerprint density at radius 1 is 1.40 bits per heavy atom. The fourth-order valence-electron chi connectivity index (χ4n) is 2.57. The number of likely N-dealkylation sites (tertiary alicyclic amines) is 1. The number of aliphatic hydroxyl groups excluding tert-OH is 1. The van der Waals surface area contributed by atoms with E-state index in [2.05, 4.69) is 0 Å². The van der Waals surface area contributed by atoms with E-state index in [0.717, 1.165) is 6.42 Å². The number of nitrogens with zero attached hydrogens (tertiary/aromatic N) is 2. The molecule has 0 bridgehead atoms. The van der Waals surface area contributed by atoms with Gasteiger partial charge in [0.25, 0.3) is 0 Å². The predicted molar refractivity (Wildman–Crippen MR) is 75.5 cm³/mol. The van der Waals surface area contributed by atoms with Crippen LogP contribution in [0.5, 0.6) is 0 Å². The Kier molecular flexibility index (Phi) is 6.78. The van der Waals surface area contributed by atoms with E-state index < -0.39 is 5.97 Å². The van der Waals surface area contributed by atoms with E-state index in [-0.39, 0.29) is 25.1 Å². The number of amides is 2. The number of rotatable bonds is 7. The van der Waals surface area contributed by atoms with Gasteiger partial charge in [-0.15, -0.1) is 0 Å². The molecule has 1 heterocycles. The number of hydrogen-bond acceptors (Lipinski definition) is 3. The third-order valence-electron chi connectivity index (χ3n) is 3.75. The molecule has 0 radical (unpaired) electrons. The van der Waals surface area contributed by atoms with Crippen LogP contribution in [0.4, 0.5) is 4.79 Å². The number of aliphatic carboxylic acids is 1. The largest absolute Gasteiger partial charge is 0.481 e. The van der Waals surface area contributed by atoms with E-state index in [0.29, 0.717) is 38.4 Å². The summed E-state index contributed by atoms with van der Waals surface area (Å²) >= 11 is 0. The third kappa shape index (κ3) is 5.00. The number of hydrogen-bond donors (Lipinski definition) is 2. The first kappa shape index (κ1) is 16.8. The molecule has 0 aromatic heterocycles. The van der Waals surface area contributed by atoms with Crippen molar-refractivity contribution in [3.8, 4) is 0 Å². The minimum atomic E-state index is -0.776. The maximum atomic E-state index is 12.4. The minimum absolute atomic E-state index is 0.00581. The Morgan fingerprint density at radius 2 is 2.10 bits per heavy atom. The molecule has 0 aromatic rings. The molecule has 1 rings (SSSR count). The van der Waals surface area contributed by atoms with Crippen LogP contribution in [0.25, 0.3) is 0 Å². The molecule has 0 aliphatic carbocycles. The molecular formula is C14H26N2O4. The van der Waals surface area contributed by atoms with E-state index in [1.165, 1.54) is 0 Å². The highest BCUT2D eigenvalue weighted by Crippen LogP contribution is 2.22. The molecule has 1 unspecified atom stereocenters. The van der Waals surface area contributed by atoms with Gasteiger partial charge in [0.2, 0.25) is 0 Å². The van der Waals surface area contributed by atoms with Crippen molar-refractivity contribution in [2.24, 2.45) is 5.92 Å². The number of urea groups is 1. The molecule has 6 heteroatoms. The first-order valence-corrected chi connectivity index (χ1v) is 7.34. The van der Waals surface area contributed by atoms with E-state index >= 15 is 0 Å². The highest BCUT2D eigenvalue weighted by Gasteiger charge is 2.30. The Labute approximate surface area is 120 Å². The summed E-state index contributed by atoms with van der Waals surface area (Å²) in [5.74, 6) is -0.483. The Hall–Kier alpha value is -1.30. The zero-order valence-corrected chi connectivity index (χ0v) is 12.4. The maximum absolute atomic E-state index is 12.4. The van der Waals surface area contributed by atoms with Crippen LogP contribution in [-0.4, -0.2) is 64.3 Å². The first-order chi connectivity index (χ1) is 9.45. The van der Waals surface area contributed by atoms with Crippen LogP contribution in [-0.2, 0) is 4.79 Å². The van der Waals surface area contributed by atoms with Crippen LogP contribution in [0.3, 0.4) is 0 Å². The molecule has 116 valence electrons. The third-order valence-corrected chi connectivity index (χ3v) is 3.75. The summed E-state index contributed by atoms with van der Waals surface area (Å²) in [7, 11) is 0. The molecule has 1 saturated heterocycles. The van der Waals surface area contributed by atoms with Crippen LogP contribution in [0, 0.1) is 5.92 Å². The molecule has 1 aliphatic heterocycles. The number of carbonyl (C=O) groups excluding carboxylic acids is 1. The van der Waals surface area contributed by atoms with Gasteiger partial charge in [-0.3, -0.25) is 4.79 Å². The molecule has 1 aliphatic rings. The zero-order chi connectivity index (χ0) is 15.1. The van der Waals surface area contributed by atoms with Crippen molar-refractivity contribution in [2.45, 2.75) is 45.6 Å². The van der Waals surface area contributed by atoms with Gasteiger partial charge in [0.05, 0.1) is 0 Å². The van der Waals surface area contributed by atoms with Crippen LogP contribution in [0.2, 0.25) is 0 Å². The number of aliphatic hydroxyl groups is 1. The van der Waals surface area contributed by atoms with Crippen LogP contribution in [0.1, 0.15) is 39.5 Å². The SMILES string of the molecule is CC(C)N(CCCO)C(=O)N1CCC(CCC(=O)O)C1. The summed E-state index contributed by atoms with van der Waals surface area (Å²) in [5.41, 5.74) is 0. The van der Waals surface area contributed by atoms with Crippen molar-refractivity contribution < 1.29 is 19.8 Å². The molecule has 0 aromatic carbocycles. The van der Waals surface area contributed by atoms with Gasteiger partial charge in [0, 0.05) is 38.7 Å². The first-order valence-electron chi connectivity index (χ1n) is 7.34. The van der Waals surface area contributed by atoms with E-state index in [9.17, 15) is 9.59 Å². The lowest BCUT2D eigenvalue weighted by atomic mass is 10.0. The number of carboxylic acid groups (broad SMARTS) is 1. The molecule has 1 fully saturated rings. The summed E-state index contributed by atoms with van der Waals surface area (Å²) < 4.78 is 0. The Bertz CT molecular complexity index is 333. The van der Waals surface area contributed by atoms with Gasteiger partial charge in [-0.1, -0.05) is 0 Å². The highest BCUT2D eigenvalue weighted by molar-refractivity contribution is 5.75. The zero-order valence-electron chi connectivity index (χ0n) is 12.4. The van der Waals surface area contributed by atoms with E-state index in [4.69, 9.17) is 10.2 Å². The molecule has 2 amide bonds. The average molecular weight is 286 g/mol. The average Bonchev–Trinajstić information content (AvgIpc) is 2.85. The number of carbonyl (C=O) groups is 2. The summed E-state index contributed by atoms with van der Waals surface area (Å²) in [4.78, 5) is 26.6. The van der Waals surface area contributed by atoms with Gasteiger partial charge >= 0.3 is 12.0 Å². The molecule has 6 nitrogen and oxygen atoms in total. The lowest BCUT2D eigenvalue weighted by Gasteiger charge is -2.31. The summed E-state index contributed by atoms with van der Waals surface area (Å²) in [6.45, 7) is 5.92. The summed E-state index contributed by atoms with van der Waals surface area (Å²) in [5, 5.41) is 17.6. The fraction of sp³-hybridized carbons (Fsp3) is 0.857. The maximum Gasteiger partial charge on any atom is 0.320 e. The van der Waals surface area contributed by atoms with Crippen LogP contribution < -0.4 is 0 Å². The van der Waals surface area contributed by atoms with Crippen molar-refractivity contribution in [3.63, 3.8) is 0 Å². The number of carboxylic acids is 1. The topological polar surface area (TPSA) is 81.1 Å². The highest BCUT2D eigenvalue weighted by atomic mass is 16.4. The van der Waals surface area contributed by atoms with Crippen molar-refractivity contribution in [1.29, 1.82) is 0 Å². The standard InChI is InChI=1S/C14H26N2O4/c1-11(2)16(7-3-9-17)14(20)15-8-6-12(10-15)4-5-13(18)19/h11-12,17H,3-10H2,1-2H3,(H,18,19). The molecule has 1 atom stereocenters. The van der Waals surface area contributed by atoms with Crippen molar-refractivity contribution in [3.05, 3.63) is 0 Å². The predicted octanol–water partition coefficient (Wildman–Crippen LogP) is 1.39. The van der Waals surface area contributed by atoms with Crippen LogP contribution in [0.15, 0.2) is 0 Å². The van der Waals surface area contributed by atoms with Gasteiger partial charge < -0.3 is 20.0 Å². The summed E-state index contributed by atoms with van der Waals surface area (Å²) in [6.07, 6.45) is 2.27. The second-order valence-corrected chi connectivity index (χ2v) is 5.68. The quantitative estimate of drug-likeness (QED) is 0.741. The minimum Gasteiger partial charge on any atom is -0.481 e. The second-order valence-electron chi connectivity index (χ2n) is 5.68. The summed E-state index contributed by atoms with van der Waals surface area (Å²) in [6, 6.07) is 0.110. The van der Waals surface area contributed by atoms with Gasteiger partial charge in [-0.2, -0.15) is 0 Å². The molecule has 20 heavy (non-hydrogen) atoms. The molecular weight excluding hydrogens is 260 g/mol. The van der Waals surface area contributed by atoms with E-state index in [1.54, 1.807) is 4.90 Å². The van der Waals surface area contributed by atoms with Crippen LogP contribution >= 0.6 is 0 Å². The Balaban J connectivity index is 2.48. The smallest absolute Gasteiger partial charge is 0.320 e. The van der Waals surface area contributed by atoms with Gasteiger partial charge in [-0.05, 0) is 39.0 Å². The van der Waals surface area contributed by atoms with E-state index in [1.807, 2.05) is 18.7 Å². The van der Waals surface area contributed by atoms with Gasteiger partial charge in [0.1, 0.15) is 0 Å². The fourth-order valence-corrected chi connectivity index (χ4v) is 2.57. The van der Waals surface area contributed by atoms with Gasteiger partial charge in [-0.25, -0.2) is 4.79 Å². The van der Waals surface area contributed by atoms with Crippen molar-refractivity contribution in [2.75, 3.05) is 26.2 Å². The lowest BCUT2D eigenvalue weighted by molar-refractivity contribution is -0.137.